The van der Waals surface area contributed by atoms with Gasteiger partial charge in [0, 0.05) is 54.5 Å². The maximum absolute atomic E-state index is 5.53. The number of pyridine rings is 3. The number of aryl methyl sites for hydroxylation is 1. The second kappa shape index (κ2) is 8.09. The van der Waals surface area contributed by atoms with Crippen molar-refractivity contribution in [3.8, 4) is 17.0 Å². The van der Waals surface area contributed by atoms with Gasteiger partial charge in [-0.15, -0.1) is 0 Å². The van der Waals surface area contributed by atoms with E-state index in [4.69, 9.17) is 14.7 Å². The second-order valence-electron chi connectivity index (χ2n) is 8.83. The third-order valence-corrected chi connectivity index (χ3v) is 6.86. The summed E-state index contributed by atoms with van der Waals surface area (Å²) in [7, 11) is 3.68. The highest BCUT2D eigenvalue weighted by molar-refractivity contribution is 6.00. The lowest BCUT2D eigenvalue weighted by atomic mass is 9.91. The van der Waals surface area contributed by atoms with Gasteiger partial charge in [0.2, 0.25) is 5.88 Å². The van der Waals surface area contributed by atoms with Crippen LogP contribution in [0.4, 0.5) is 0 Å². The van der Waals surface area contributed by atoms with Crippen molar-refractivity contribution >= 4 is 21.8 Å². The second-order valence-corrected chi connectivity index (χ2v) is 8.83. The summed E-state index contributed by atoms with van der Waals surface area (Å²) in [5, 5.41) is 2.26. The number of fused-ring (bicyclic) bond motifs is 2. The van der Waals surface area contributed by atoms with Crippen molar-refractivity contribution in [2.75, 3.05) is 7.11 Å². The molecule has 0 spiro atoms. The van der Waals surface area contributed by atoms with E-state index in [1.807, 2.05) is 49.8 Å². The van der Waals surface area contributed by atoms with Gasteiger partial charge >= 0.3 is 0 Å². The van der Waals surface area contributed by atoms with Crippen LogP contribution in [0.3, 0.4) is 0 Å². The molecular weight excluding hydrogens is 434 g/mol. The summed E-state index contributed by atoms with van der Waals surface area (Å²) in [5.41, 5.74) is 5.63. The van der Waals surface area contributed by atoms with Crippen LogP contribution in [0.1, 0.15) is 18.3 Å². The van der Waals surface area contributed by atoms with E-state index in [9.17, 15) is 0 Å². The minimum atomic E-state index is -0.589. The molecule has 0 saturated carbocycles. The summed E-state index contributed by atoms with van der Waals surface area (Å²) >= 11 is 0. The maximum atomic E-state index is 5.53. The summed E-state index contributed by atoms with van der Waals surface area (Å²) in [4.78, 5) is 13.9. The van der Waals surface area contributed by atoms with Gasteiger partial charge in [-0.1, -0.05) is 24.3 Å². The van der Waals surface area contributed by atoms with Crippen LogP contribution < -0.4 is 4.74 Å². The van der Waals surface area contributed by atoms with Crippen molar-refractivity contribution in [3.63, 3.8) is 0 Å². The average molecular weight is 460 g/mol. The van der Waals surface area contributed by atoms with E-state index < -0.39 is 5.54 Å². The molecule has 0 aliphatic heterocycles. The highest BCUT2D eigenvalue weighted by Crippen LogP contribution is 2.38. The first-order chi connectivity index (χ1) is 17.1. The van der Waals surface area contributed by atoms with E-state index in [1.54, 1.807) is 13.3 Å². The molecule has 5 heterocycles. The zero-order chi connectivity index (χ0) is 24.0. The van der Waals surface area contributed by atoms with Crippen LogP contribution in [0.2, 0.25) is 0 Å². The Morgan fingerprint density at radius 1 is 0.829 bits per heavy atom. The molecular formula is C29H25N5O. The molecule has 0 bridgehead atoms. The number of aromatic nitrogens is 5. The van der Waals surface area contributed by atoms with E-state index in [0.717, 1.165) is 44.3 Å². The topological polar surface area (TPSA) is 57.8 Å². The molecule has 0 aliphatic carbocycles. The molecule has 0 saturated heterocycles. The Hall–Kier alpha value is -4.45. The summed E-state index contributed by atoms with van der Waals surface area (Å²) in [6.45, 7) is 2.18. The maximum Gasteiger partial charge on any atom is 0.238 e. The Labute approximate surface area is 203 Å². The summed E-state index contributed by atoms with van der Waals surface area (Å²) < 4.78 is 9.88. The van der Waals surface area contributed by atoms with Gasteiger partial charge in [0.25, 0.3) is 0 Å². The van der Waals surface area contributed by atoms with Crippen molar-refractivity contribution in [2.45, 2.75) is 12.5 Å². The molecule has 6 aromatic rings. The average Bonchev–Trinajstić information content (AvgIpc) is 3.50. The van der Waals surface area contributed by atoms with Crippen molar-refractivity contribution in [1.29, 1.82) is 0 Å². The lowest BCUT2D eigenvalue weighted by Crippen LogP contribution is -2.34. The van der Waals surface area contributed by atoms with Crippen LogP contribution in [0, 0.1) is 0 Å². The van der Waals surface area contributed by atoms with E-state index in [0.29, 0.717) is 5.88 Å². The summed E-state index contributed by atoms with van der Waals surface area (Å²) in [6.07, 6.45) is 9.75. The molecule has 0 atom stereocenters. The highest BCUT2D eigenvalue weighted by Gasteiger charge is 2.34. The lowest BCUT2D eigenvalue weighted by molar-refractivity contribution is 0.401. The van der Waals surface area contributed by atoms with Gasteiger partial charge < -0.3 is 13.9 Å². The van der Waals surface area contributed by atoms with E-state index in [2.05, 4.69) is 69.8 Å². The molecule has 0 aliphatic rings. The van der Waals surface area contributed by atoms with Crippen LogP contribution >= 0.6 is 0 Å². The van der Waals surface area contributed by atoms with Crippen molar-refractivity contribution < 1.29 is 4.74 Å². The predicted molar refractivity (Wildman–Crippen MR) is 139 cm³/mol. The smallest absolute Gasteiger partial charge is 0.238 e. The number of rotatable bonds is 5. The van der Waals surface area contributed by atoms with Gasteiger partial charge in [-0.3, -0.25) is 9.97 Å². The van der Waals surface area contributed by atoms with Gasteiger partial charge in [-0.05, 0) is 60.3 Å². The minimum absolute atomic E-state index is 0.589. The lowest BCUT2D eigenvalue weighted by Gasteiger charge is -2.31. The molecule has 1 aromatic carbocycles. The van der Waals surface area contributed by atoms with Crippen molar-refractivity contribution in [2.24, 2.45) is 7.05 Å². The number of hydrogen-bond acceptors (Lipinski definition) is 4. The third kappa shape index (κ3) is 3.21. The quantitative estimate of drug-likeness (QED) is 0.327. The zero-order valence-corrected chi connectivity index (χ0v) is 19.9. The Kier molecular flexibility index (Phi) is 4.88. The molecule has 35 heavy (non-hydrogen) atoms. The Morgan fingerprint density at radius 3 is 2.23 bits per heavy atom. The third-order valence-electron chi connectivity index (χ3n) is 6.86. The van der Waals surface area contributed by atoms with E-state index >= 15 is 0 Å². The van der Waals surface area contributed by atoms with Gasteiger partial charge in [0.05, 0.1) is 18.5 Å². The number of methoxy groups -OCH3 is 1. The fourth-order valence-corrected chi connectivity index (χ4v) is 5.07. The number of benzene rings is 1. The molecule has 0 radical (unpaired) electrons. The molecule has 0 N–H and O–H groups in total. The summed E-state index contributed by atoms with van der Waals surface area (Å²) in [6, 6.07) is 22.9. The molecule has 6 nitrogen and oxygen atoms in total. The van der Waals surface area contributed by atoms with Crippen LogP contribution in [-0.2, 0) is 12.6 Å². The Bertz CT molecular complexity index is 1610. The first-order valence-corrected chi connectivity index (χ1v) is 11.5. The molecule has 172 valence electrons. The number of nitrogens with zero attached hydrogens (tertiary/aromatic N) is 5. The molecule has 5 aromatic heterocycles. The minimum Gasteiger partial charge on any atom is -0.479 e. The molecule has 0 amide bonds. The van der Waals surface area contributed by atoms with Crippen LogP contribution in [0.5, 0.6) is 5.88 Å². The zero-order valence-electron chi connectivity index (χ0n) is 19.9. The van der Waals surface area contributed by atoms with Crippen LogP contribution in [0.15, 0.2) is 97.7 Å². The largest absolute Gasteiger partial charge is 0.479 e. The van der Waals surface area contributed by atoms with E-state index in [-0.39, 0.29) is 0 Å². The molecule has 0 fully saturated rings. The number of hydrogen-bond donors (Lipinski definition) is 0. The van der Waals surface area contributed by atoms with Crippen LogP contribution in [0.25, 0.3) is 32.9 Å². The highest BCUT2D eigenvalue weighted by atomic mass is 16.5. The molecule has 6 rings (SSSR count). The van der Waals surface area contributed by atoms with Gasteiger partial charge in [0.15, 0.2) is 0 Å². The Balaban J connectivity index is 1.60. The van der Waals surface area contributed by atoms with Crippen molar-refractivity contribution in [3.05, 3.63) is 109 Å². The first-order valence-electron chi connectivity index (χ1n) is 11.5. The monoisotopic (exact) mass is 459 g/mol. The van der Waals surface area contributed by atoms with E-state index in [1.165, 1.54) is 0 Å². The van der Waals surface area contributed by atoms with Crippen LogP contribution in [-0.4, -0.2) is 31.2 Å². The fraction of sp³-hybridized carbons (Fsp3) is 0.138. The van der Waals surface area contributed by atoms with Gasteiger partial charge in [0.1, 0.15) is 11.1 Å². The molecule has 6 heteroatoms. The van der Waals surface area contributed by atoms with Gasteiger partial charge in [-0.2, -0.15) is 0 Å². The normalized spacial score (nSPS) is 11.9. The SMILES string of the molecule is COc1nccc2c(-c3ccc4ccn(C(C)(c5ccccn5)c5ccccn5)c4c3)cn(C)c12. The first kappa shape index (κ1) is 21.1. The molecule has 0 unspecified atom stereocenters. The van der Waals surface area contributed by atoms with Crippen molar-refractivity contribution in [1.82, 2.24) is 24.1 Å². The number of ether oxygens (including phenoxy) is 1. The predicted octanol–water partition coefficient (Wildman–Crippen LogP) is 5.81. The summed E-state index contributed by atoms with van der Waals surface area (Å²) in [5.74, 6) is 0.624. The van der Waals surface area contributed by atoms with Gasteiger partial charge in [-0.25, -0.2) is 4.98 Å². The fourth-order valence-electron chi connectivity index (χ4n) is 5.07. The standard InChI is InChI=1S/C29H25N5O/c1-29(25-8-4-6-14-30-25,26-9-5-7-15-31-26)34-17-13-20-10-11-21(18-24(20)34)23-19-33(2)27-22(23)12-16-32-28(27)35-3/h4-19H,1-3H3. The Morgan fingerprint density at radius 2 is 1.57 bits per heavy atom.